The summed E-state index contributed by atoms with van der Waals surface area (Å²) in [5, 5.41) is 0. The maximum absolute atomic E-state index is 6.44. The maximum Gasteiger partial charge on any atom is 0.0429 e. The van der Waals surface area contributed by atoms with Crippen molar-refractivity contribution in [3.63, 3.8) is 0 Å². The van der Waals surface area contributed by atoms with Crippen molar-refractivity contribution in [1.82, 2.24) is 0 Å². The minimum atomic E-state index is 0.988. The zero-order valence-corrected chi connectivity index (χ0v) is 15.4. The summed E-state index contributed by atoms with van der Waals surface area (Å²) in [6, 6.07) is 11.3. The van der Waals surface area contributed by atoms with Crippen molar-refractivity contribution in [3.8, 4) is 0 Å². The van der Waals surface area contributed by atoms with E-state index >= 15 is 0 Å². The average Bonchev–Trinajstić information content (AvgIpc) is 2.77. The fourth-order valence-corrected chi connectivity index (χ4v) is 3.80. The van der Waals surface area contributed by atoms with Crippen LogP contribution < -0.4 is 10.6 Å². The molecule has 0 amide bonds. The van der Waals surface area contributed by atoms with Gasteiger partial charge in [0.05, 0.1) is 0 Å². The number of fused-ring (bicyclic) bond motifs is 1. The summed E-state index contributed by atoms with van der Waals surface area (Å²) in [7, 11) is 0. The van der Waals surface area contributed by atoms with Crippen molar-refractivity contribution >= 4 is 11.4 Å². The van der Waals surface area contributed by atoms with E-state index in [1.165, 1.54) is 46.3 Å². The highest BCUT2D eigenvalue weighted by Gasteiger charge is 2.20. The fraction of sp³-hybridized carbons (Fsp3) is 0.455. The Labute approximate surface area is 146 Å². The smallest absolute Gasteiger partial charge is 0.0429 e. The third-order valence-electron chi connectivity index (χ3n) is 5.28. The Morgan fingerprint density at radius 2 is 1.83 bits per heavy atom. The first-order chi connectivity index (χ1) is 11.6. The van der Waals surface area contributed by atoms with Crippen LogP contribution in [0.3, 0.4) is 0 Å². The molecule has 0 aromatic heterocycles. The molecule has 2 N–H and O–H groups in total. The minimum absolute atomic E-state index is 0.988. The van der Waals surface area contributed by atoms with Crippen molar-refractivity contribution in [2.45, 2.75) is 59.4 Å². The van der Waals surface area contributed by atoms with Gasteiger partial charge >= 0.3 is 0 Å². The molecule has 2 heteroatoms. The average molecular weight is 322 g/mol. The summed E-state index contributed by atoms with van der Waals surface area (Å²) in [6.07, 6.45) is 5.87. The zero-order chi connectivity index (χ0) is 17.1. The van der Waals surface area contributed by atoms with Crippen LogP contribution in [-0.2, 0) is 19.4 Å². The molecule has 0 spiro atoms. The molecule has 1 heterocycles. The van der Waals surface area contributed by atoms with Crippen molar-refractivity contribution in [2.24, 2.45) is 0 Å². The largest absolute Gasteiger partial charge is 0.398 e. The number of anilines is 2. The molecule has 0 bridgehead atoms. The van der Waals surface area contributed by atoms with E-state index < -0.39 is 0 Å². The normalized spacial score (nSPS) is 14.4. The first-order valence-electron chi connectivity index (χ1n) is 9.31. The summed E-state index contributed by atoms with van der Waals surface area (Å²) < 4.78 is 0. The van der Waals surface area contributed by atoms with Crippen LogP contribution in [0.25, 0.3) is 0 Å². The van der Waals surface area contributed by atoms with Gasteiger partial charge in [-0.25, -0.2) is 0 Å². The summed E-state index contributed by atoms with van der Waals surface area (Å²) in [5.41, 5.74) is 15.7. The molecule has 0 saturated carbocycles. The molecule has 3 rings (SSSR count). The second kappa shape index (κ2) is 7.29. The molecular formula is C22H30N2. The van der Waals surface area contributed by atoms with E-state index in [4.69, 9.17) is 5.73 Å². The lowest BCUT2D eigenvalue weighted by Crippen LogP contribution is -2.24. The Morgan fingerprint density at radius 3 is 2.54 bits per heavy atom. The molecule has 0 fully saturated rings. The molecule has 2 aromatic rings. The van der Waals surface area contributed by atoms with Crippen LogP contribution in [0.4, 0.5) is 11.4 Å². The number of hydrogen-bond acceptors (Lipinski definition) is 2. The van der Waals surface area contributed by atoms with Gasteiger partial charge in [-0.05, 0) is 67.9 Å². The summed E-state index contributed by atoms with van der Waals surface area (Å²) in [4.78, 5) is 2.57. The second-order valence-electron chi connectivity index (χ2n) is 7.19. The van der Waals surface area contributed by atoms with Crippen LogP contribution in [0, 0.1) is 13.8 Å². The molecular weight excluding hydrogens is 292 g/mol. The van der Waals surface area contributed by atoms with Gasteiger partial charge in [0.2, 0.25) is 0 Å². The maximum atomic E-state index is 6.44. The van der Waals surface area contributed by atoms with E-state index in [0.717, 1.165) is 38.0 Å². The van der Waals surface area contributed by atoms with Crippen molar-refractivity contribution in [3.05, 3.63) is 58.1 Å². The third-order valence-corrected chi connectivity index (χ3v) is 5.28. The van der Waals surface area contributed by atoms with Crippen molar-refractivity contribution in [2.75, 3.05) is 17.2 Å². The van der Waals surface area contributed by atoms with E-state index in [1.54, 1.807) is 0 Å². The molecule has 0 radical (unpaired) electrons. The summed E-state index contributed by atoms with van der Waals surface area (Å²) >= 11 is 0. The molecule has 24 heavy (non-hydrogen) atoms. The number of nitrogens with two attached hydrogens (primary N) is 1. The molecule has 128 valence electrons. The Morgan fingerprint density at radius 1 is 1.08 bits per heavy atom. The van der Waals surface area contributed by atoms with Crippen LogP contribution in [0.2, 0.25) is 0 Å². The second-order valence-corrected chi connectivity index (χ2v) is 7.19. The van der Waals surface area contributed by atoms with Gasteiger partial charge in [0.1, 0.15) is 0 Å². The van der Waals surface area contributed by atoms with E-state index in [-0.39, 0.29) is 0 Å². The number of aryl methyl sites for hydroxylation is 2. The lowest BCUT2D eigenvalue weighted by Gasteiger charge is -2.27. The number of benzene rings is 2. The standard InChI is InChI=1S/C22H30N2/c1-4-7-19-14-21-20(17(3)22(19)23)8-5-6-13-24(21)15-18-11-9-16(2)10-12-18/h9-12,14H,4-8,13,15,23H2,1-3H3. The highest BCUT2D eigenvalue weighted by Crippen LogP contribution is 2.35. The predicted octanol–water partition coefficient (Wildman–Crippen LogP) is 5.18. The lowest BCUT2D eigenvalue weighted by molar-refractivity contribution is 0.714. The van der Waals surface area contributed by atoms with E-state index in [9.17, 15) is 0 Å². The van der Waals surface area contributed by atoms with Gasteiger partial charge in [-0.3, -0.25) is 0 Å². The first kappa shape index (κ1) is 16.9. The Balaban J connectivity index is 1.99. The summed E-state index contributed by atoms with van der Waals surface area (Å²) in [6.45, 7) is 8.71. The van der Waals surface area contributed by atoms with Gasteiger partial charge in [0.15, 0.2) is 0 Å². The molecule has 0 aliphatic carbocycles. The van der Waals surface area contributed by atoms with Gasteiger partial charge in [-0.2, -0.15) is 0 Å². The first-order valence-corrected chi connectivity index (χ1v) is 9.31. The number of rotatable bonds is 4. The minimum Gasteiger partial charge on any atom is -0.398 e. The zero-order valence-electron chi connectivity index (χ0n) is 15.4. The van der Waals surface area contributed by atoms with E-state index in [1.807, 2.05) is 0 Å². The Bertz CT molecular complexity index is 701. The van der Waals surface area contributed by atoms with Gasteiger partial charge in [-0.1, -0.05) is 43.2 Å². The van der Waals surface area contributed by atoms with E-state index in [2.05, 4.69) is 56.0 Å². The van der Waals surface area contributed by atoms with Gasteiger partial charge in [0.25, 0.3) is 0 Å². The molecule has 0 atom stereocenters. The molecule has 1 aliphatic heterocycles. The monoisotopic (exact) mass is 322 g/mol. The van der Waals surface area contributed by atoms with Gasteiger partial charge in [0, 0.05) is 24.5 Å². The predicted molar refractivity (Wildman–Crippen MR) is 105 cm³/mol. The van der Waals surface area contributed by atoms with Crippen LogP contribution in [0.15, 0.2) is 30.3 Å². The topological polar surface area (TPSA) is 29.3 Å². The lowest BCUT2D eigenvalue weighted by atomic mass is 9.94. The van der Waals surface area contributed by atoms with Gasteiger partial charge in [-0.15, -0.1) is 0 Å². The third kappa shape index (κ3) is 3.43. The fourth-order valence-electron chi connectivity index (χ4n) is 3.80. The van der Waals surface area contributed by atoms with Gasteiger partial charge < -0.3 is 10.6 Å². The molecule has 1 aliphatic rings. The highest BCUT2D eigenvalue weighted by atomic mass is 15.1. The van der Waals surface area contributed by atoms with Crippen LogP contribution >= 0.6 is 0 Å². The molecule has 0 saturated heterocycles. The SMILES string of the molecule is CCCc1cc2c(c(C)c1N)CCCCN2Cc1ccc(C)cc1. The molecule has 0 unspecified atom stereocenters. The quantitative estimate of drug-likeness (QED) is 0.786. The Hall–Kier alpha value is -1.96. The van der Waals surface area contributed by atoms with Crippen LogP contribution in [0.1, 0.15) is 54.0 Å². The van der Waals surface area contributed by atoms with Crippen LogP contribution in [-0.4, -0.2) is 6.54 Å². The summed E-state index contributed by atoms with van der Waals surface area (Å²) in [5.74, 6) is 0. The van der Waals surface area contributed by atoms with Crippen LogP contribution in [0.5, 0.6) is 0 Å². The number of hydrogen-bond donors (Lipinski definition) is 1. The van der Waals surface area contributed by atoms with E-state index in [0.29, 0.717) is 0 Å². The molecule has 2 nitrogen and oxygen atoms in total. The molecule has 2 aromatic carbocycles. The highest BCUT2D eigenvalue weighted by molar-refractivity contribution is 5.69. The number of nitrogen functional groups attached to an aromatic ring is 1. The van der Waals surface area contributed by atoms with Crippen molar-refractivity contribution < 1.29 is 0 Å². The van der Waals surface area contributed by atoms with Crippen molar-refractivity contribution in [1.29, 1.82) is 0 Å². The Kier molecular flexibility index (Phi) is 5.13. The number of nitrogens with zero attached hydrogens (tertiary/aromatic N) is 1.